The highest BCUT2D eigenvalue weighted by Gasteiger charge is 2.48. The molecule has 1 amide bonds. The number of hydrogen-bond donors (Lipinski definition) is 2. The first-order valence-corrected chi connectivity index (χ1v) is 11.2. The maximum absolute atomic E-state index is 13.3. The number of amides is 1. The molecule has 2 aliphatic rings. The average Bonchev–Trinajstić information content (AvgIpc) is 2.85. The maximum Gasteiger partial charge on any atom is 0.249 e. The summed E-state index contributed by atoms with van der Waals surface area (Å²) in [4.78, 5) is 14.2. The molecule has 144 valence electrons. The minimum Gasteiger partial charge on any atom is -0.354 e. The lowest BCUT2D eigenvalue weighted by atomic mass is 9.96. The Labute approximate surface area is 190 Å². The number of anilines is 2. The van der Waals surface area contributed by atoms with E-state index in [1.807, 2.05) is 60.7 Å². The topological polar surface area (TPSA) is 41.1 Å². The van der Waals surface area contributed by atoms with Crippen LogP contribution in [0.3, 0.4) is 0 Å². The van der Waals surface area contributed by atoms with Crippen LogP contribution >= 0.6 is 50.9 Å². The van der Waals surface area contributed by atoms with Crippen molar-refractivity contribution in [3.8, 4) is 0 Å². The van der Waals surface area contributed by atoms with Crippen LogP contribution in [0, 0.1) is 0 Å². The molecule has 0 saturated carbocycles. The zero-order chi connectivity index (χ0) is 20.2. The number of nitrogens with one attached hydrogen (secondary N) is 2. The molecule has 0 bridgehead atoms. The fraction of sp³-hybridized carbons (Fsp3) is 0.0455. The Balaban J connectivity index is 1.77. The number of thioether (sulfide) groups is 1. The predicted octanol–water partition coefficient (Wildman–Crippen LogP) is 7.16. The van der Waals surface area contributed by atoms with Crippen LogP contribution in [0.25, 0.3) is 5.70 Å². The first kappa shape index (κ1) is 19.1. The van der Waals surface area contributed by atoms with Gasteiger partial charge >= 0.3 is 0 Å². The lowest BCUT2D eigenvalue weighted by molar-refractivity contribution is -0.116. The van der Waals surface area contributed by atoms with Crippen molar-refractivity contribution in [1.82, 2.24) is 0 Å². The van der Waals surface area contributed by atoms with E-state index in [-0.39, 0.29) is 5.91 Å². The highest BCUT2D eigenvalue weighted by Crippen LogP contribution is 2.55. The van der Waals surface area contributed by atoms with Gasteiger partial charge in [-0.1, -0.05) is 63.0 Å². The summed E-state index contributed by atoms with van der Waals surface area (Å²) < 4.78 is 0.0353. The normalized spacial score (nSPS) is 19.7. The van der Waals surface area contributed by atoms with Gasteiger partial charge in [-0.2, -0.15) is 0 Å². The number of carbonyl (C=O) groups excluding carboxylic acids is 1. The number of fused-ring (bicyclic) bond motifs is 3. The molecular weight excluding hydrogens is 491 g/mol. The van der Waals surface area contributed by atoms with Gasteiger partial charge in [0.1, 0.15) is 4.75 Å². The second-order valence-corrected chi connectivity index (χ2v) is 9.89. The number of carbonyl (C=O) groups is 1. The average molecular weight is 504 g/mol. The van der Waals surface area contributed by atoms with E-state index in [4.69, 9.17) is 23.2 Å². The van der Waals surface area contributed by atoms with E-state index in [0.717, 1.165) is 37.6 Å². The molecule has 0 aliphatic carbocycles. The van der Waals surface area contributed by atoms with Crippen LogP contribution < -0.4 is 10.6 Å². The highest BCUT2D eigenvalue weighted by molar-refractivity contribution is 9.10. The summed E-state index contributed by atoms with van der Waals surface area (Å²) in [6, 6.07) is 19.1. The van der Waals surface area contributed by atoms with Crippen molar-refractivity contribution in [1.29, 1.82) is 0 Å². The largest absolute Gasteiger partial charge is 0.354 e. The quantitative estimate of drug-likeness (QED) is 0.370. The van der Waals surface area contributed by atoms with E-state index in [9.17, 15) is 4.79 Å². The van der Waals surface area contributed by atoms with Gasteiger partial charge in [-0.25, -0.2) is 0 Å². The predicted molar refractivity (Wildman–Crippen MR) is 125 cm³/mol. The van der Waals surface area contributed by atoms with Gasteiger partial charge < -0.3 is 10.6 Å². The summed E-state index contributed by atoms with van der Waals surface area (Å²) in [6.45, 7) is 0. The van der Waals surface area contributed by atoms with Crippen molar-refractivity contribution in [3.63, 3.8) is 0 Å². The van der Waals surface area contributed by atoms with Crippen molar-refractivity contribution in [2.75, 3.05) is 10.6 Å². The highest BCUT2D eigenvalue weighted by atomic mass is 79.9. The number of rotatable bonds is 1. The van der Waals surface area contributed by atoms with Gasteiger partial charge in [0.05, 0.1) is 5.69 Å². The number of hydrogen-bond acceptors (Lipinski definition) is 3. The Hall–Kier alpha value is -1.92. The minimum absolute atomic E-state index is 0.0982. The molecule has 3 aromatic carbocycles. The summed E-state index contributed by atoms with van der Waals surface area (Å²) in [5.41, 5.74) is 4.27. The lowest BCUT2D eigenvalue weighted by Crippen LogP contribution is -2.29. The van der Waals surface area contributed by atoms with Crippen LogP contribution in [0.2, 0.25) is 10.0 Å². The summed E-state index contributed by atoms with van der Waals surface area (Å²) in [5.74, 6) is -0.0982. The van der Waals surface area contributed by atoms with Crippen LogP contribution in [0.5, 0.6) is 0 Å². The smallest absolute Gasteiger partial charge is 0.249 e. The second kappa shape index (κ2) is 7.10. The summed E-state index contributed by atoms with van der Waals surface area (Å²) in [6.07, 6.45) is 1.98. The molecule has 29 heavy (non-hydrogen) atoms. The summed E-state index contributed by atoms with van der Waals surface area (Å²) in [5, 5.41) is 7.71. The number of halogens is 3. The molecule has 1 atom stereocenters. The minimum atomic E-state index is -0.950. The molecule has 3 aromatic rings. The fourth-order valence-electron chi connectivity index (χ4n) is 3.58. The van der Waals surface area contributed by atoms with E-state index in [1.54, 1.807) is 6.07 Å². The molecule has 3 nitrogen and oxygen atoms in total. The Kier molecular flexibility index (Phi) is 4.67. The molecule has 2 heterocycles. The maximum atomic E-state index is 13.3. The van der Waals surface area contributed by atoms with Crippen LogP contribution in [0.1, 0.15) is 11.1 Å². The van der Waals surface area contributed by atoms with Crippen LogP contribution in [0.15, 0.2) is 76.1 Å². The molecule has 0 radical (unpaired) electrons. The Bertz CT molecular complexity index is 1200. The van der Waals surface area contributed by atoms with Crippen molar-refractivity contribution in [2.45, 2.75) is 9.64 Å². The van der Waals surface area contributed by atoms with Crippen molar-refractivity contribution >= 4 is 73.9 Å². The van der Waals surface area contributed by atoms with Gasteiger partial charge in [0.25, 0.3) is 0 Å². The third kappa shape index (κ3) is 3.26. The fourth-order valence-corrected chi connectivity index (χ4v) is 5.49. The first-order chi connectivity index (χ1) is 13.9. The Morgan fingerprint density at radius 3 is 2.38 bits per heavy atom. The molecule has 5 rings (SSSR count). The third-order valence-electron chi connectivity index (χ3n) is 4.95. The van der Waals surface area contributed by atoms with Crippen molar-refractivity contribution in [3.05, 3.63) is 92.4 Å². The van der Waals surface area contributed by atoms with Gasteiger partial charge in [0.15, 0.2) is 0 Å². The lowest BCUT2D eigenvalue weighted by Gasteiger charge is -2.23. The monoisotopic (exact) mass is 502 g/mol. The van der Waals surface area contributed by atoms with Crippen molar-refractivity contribution in [2.24, 2.45) is 0 Å². The molecular formula is C22H13BrCl2N2OS. The zero-order valence-corrected chi connectivity index (χ0v) is 18.7. The second-order valence-electron chi connectivity index (χ2n) is 6.81. The van der Waals surface area contributed by atoms with Crippen LogP contribution in [0.4, 0.5) is 11.4 Å². The van der Waals surface area contributed by atoms with Gasteiger partial charge in [-0.3, -0.25) is 4.79 Å². The van der Waals surface area contributed by atoms with Gasteiger partial charge in [-0.05, 0) is 60.2 Å². The van der Waals surface area contributed by atoms with Gasteiger partial charge in [0, 0.05) is 36.4 Å². The van der Waals surface area contributed by atoms with E-state index in [1.165, 1.54) is 11.8 Å². The van der Waals surface area contributed by atoms with E-state index in [2.05, 4.69) is 26.6 Å². The molecule has 2 N–H and O–H groups in total. The SMILES string of the molecule is O=C1Nc2ccc(Cl)cc2[C@@]12C=C(c1ccc(Br)cc1)Nc1cc(Cl)ccc1S2. The van der Waals surface area contributed by atoms with Gasteiger partial charge in [-0.15, -0.1) is 0 Å². The van der Waals surface area contributed by atoms with E-state index in [0.29, 0.717) is 10.0 Å². The van der Waals surface area contributed by atoms with E-state index < -0.39 is 4.75 Å². The van der Waals surface area contributed by atoms with Crippen molar-refractivity contribution < 1.29 is 4.79 Å². The molecule has 0 fully saturated rings. The summed E-state index contributed by atoms with van der Waals surface area (Å²) in [7, 11) is 0. The van der Waals surface area contributed by atoms with Crippen LogP contribution in [-0.4, -0.2) is 5.91 Å². The molecule has 0 unspecified atom stereocenters. The number of benzene rings is 3. The molecule has 1 spiro atoms. The van der Waals surface area contributed by atoms with Crippen LogP contribution in [-0.2, 0) is 9.54 Å². The molecule has 7 heteroatoms. The van der Waals surface area contributed by atoms with E-state index >= 15 is 0 Å². The zero-order valence-electron chi connectivity index (χ0n) is 14.8. The molecule has 0 aromatic heterocycles. The Morgan fingerprint density at radius 2 is 1.59 bits per heavy atom. The first-order valence-electron chi connectivity index (χ1n) is 8.80. The third-order valence-corrected chi connectivity index (χ3v) is 7.37. The summed E-state index contributed by atoms with van der Waals surface area (Å²) >= 11 is 17.5. The van der Waals surface area contributed by atoms with Gasteiger partial charge in [0.2, 0.25) is 5.91 Å². The Morgan fingerprint density at radius 1 is 0.862 bits per heavy atom. The standard InChI is InChI=1S/C22H13BrCl2N2OS/c23-13-3-1-12(2-4-13)19-11-22(29-20-8-6-15(25)10-18(20)26-19)16-9-14(24)5-7-17(16)27-21(22)28/h1-11,26H,(H,27,28)/t22-/m0/s1. The molecule has 0 saturated heterocycles. The molecule has 2 aliphatic heterocycles.